The molecule has 1 aromatic heterocycles. The van der Waals surface area contributed by atoms with E-state index in [2.05, 4.69) is 52.2 Å². The van der Waals surface area contributed by atoms with Gasteiger partial charge in [-0.15, -0.1) is 24.8 Å². The van der Waals surface area contributed by atoms with E-state index in [4.69, 9.17) is 0 Å². The summed E-state index contributed by atoms with van der Waals surface area (Å²) in [5.74, 6) is 1.01. The number of nitrogens with zero attached hydrogens (tertiary/aromatic N) is 3. The Hall–Kier alpha value is -1.36. The van der Waals surface area contributed by atoms with Crippen LogP contribution in [0.4, 0.5) is 5.82 Å². The molecular weight excluding hydrogens is 319 g/mol. The molecule has 0 saturated carbocycles. The molecule has 2 heterocycles. The van der Waals surface area contributed by atoms with Gasteiger partial charge in [0.15, 0.2) is 5.82 Å². The number of aryl methyl sites for hydroxylation is 2. The molecule has 120 valence electrons. The third-order valence-electron chi connectivity index (χ3n) is 3.81. The average molecular weight is 341 g/mol. The number of anilines is 1. The Morgan fingerprint density at radius 3 is 2.18 bits per heavy atom. The normalized spacial score (nSPS) is 14.0. The van der Waals surface area contributed by atoms with Crippen molar-refractivity contribution in [1.29, 1.82) is 0 Å². The quantitative estimate of drug-likeness (QED) is 0.912. The van der Waals surface area contributed by atoms with Crippen LogP contribution < -0.4 is 10.2 Å². The molecule has 1 fully saturated rings. The van der Waals surface area contributed by atoms with Crippen LogP contribution >= 0.6 is 24.8 Å². The van der Waals surface area contributed by atoms with Crippen LogP contribution in [0.15, 0.2) is 30.6 Å². The van der Waals surface area contributed by atoms with Crippen LogP contribution in [-0.2, 0) is 0 Å². The molecule has 1 aliphatic rings. The van der Waals surface area contributed by atoms with Crippen molar-refractivity contribution in [3.63, 3.8) is 0 Å². The summed E-state index contributed by atoms with van der Waals surface area (Å²) in [4.78, 5) is 11.5. The maximum atomic E-state index is 4.62. The molecule has 1 aliphatic heterocycles. The summed E-state index contributed by atoms with van der Waals surface area (Å²) in [5, 5.41) is 3.38. The molecule has 0 radical (unpaired) electrons. The van der Waals surface area contributed by atoms with Gasteiger partial charge in [0.05, 0.1) is 0 Å². The van der Waals surface area contributed by atoms with Crippen LogP contribution in [0, 0.1) is 13.8 Å². The summed E-state index contributed by atoms with van der Waals surface area (Å²) in [7, 11) is 0. The van der Waals surface area contributed by atoms with Gasteiger partial charge < -0.3 is 10.2 Å². The number of benzene rings is 1. The first-order valence-electron chi connectivity index (χ1n) is 7.10. The Morgan fingerprint density at radius 1 is 0.955 bits per heavy atom. The molecular formula is C16H22Cl2N4. The lowest BCUT2D eigenvalue weighted by Gasteiger charge is -2.29. The molecule has 2 aromatic rings. The minimum Gasteiger partial charge on any atom is -0.352 e. The number of aromatic nitrogens is 2. The Balaban J connectivity index is 0.00000121. The van der Waals surface area contributed by atoms with Gasteiger partial charge in [-0.3, -0.25) is 4.98 Å². The van der Waals surface area contributed by atoms with Gasteiger partial charge in [-0.1, -0.05) is 18.2 Å². The predicted octanol–water partition coefficient (Wildman–Crippen LogP) is 3.01. The minimum atomic E-state index is 0. The summed E-state index contributed by atoms with van der Waals surface area (Å²) in [6, 6.07) is 6.37. The fraction of sp³-hybridized carbons (Fsp3) is 0.375. The first-order chi connectivity index (χ1) is 9.77. The van der Waals surface area contributed by atoms with E-state index in [1.54, 1.807) is 12.4 Å². The highest BCUT2D eigenvalue weighted by Gasteiger charge is 2.19. The maximum Gasteiger partial charge on any atom is 0.155 e. The van der Waals surface area contributed by atoms with Crippen molar-refractivity contribution < 1.29 is 0 Å². The van der Waals surface area contributed by atoms with E-state index in [-0.39, 0.29) is 24.8 Å². The van der Waals surface area contributed by atoms with E-state index >= 15 is 0 Å². The van der Waals surface area contributed by atoms with Gasteiger partial charge in [-0.25, -0.2) is 4.98 Å². The van der Waals surface area contributed by atoms with Gasteiger partial charge in [0.1, 0.15) is 5.69 Å². The van der Waals surface area contributed by atoms with Crippen molar-refractivity contribution in [1.82, 2.24) is 15.3 Å². The molecule has 1 saturated heterocycles. The molecule has 3 rings (SSSR count). The van der Waals surface area contributed by atoms with E-state index < -0.39 is 0 Å². The fourth-order valence-electron chi connectivity index (χ4n) is 2.80. The SMILES string of the molecule is Cc1cccc(C)c1-c1nccnc1N1CCNCC1.Cl.Cl. The van der Waals surface area contributed by atoms with Crippen LogP contribution in [0.5, 0.6) is 0 Å². The summed E-state index contributed by atoms with van der Waals surface area (Å²) in [6.07, 6.45) is 3.57. The number of hydrogen-bond donors (Lipinski definition) is 1. The predicted molar refractivity (Wildman–Crippen MR) is 96.5 cm³/mol. The molecule has 22 heavy (non-hydrogen) atoms. The highest BCUT2D eigenvalue weighted by Crippen LogP contribution is 2.31. The van der Waals surface area contributed by atoms with Crippen molar-refractivity contribution in [3.8, 4) is 11.3 Å². The molecule has 0 spiro atoms. The van der Waals surface area contributed by atoms with Crippen LogP contribution in [-0.4, -0.2) is 36.1 Å². The Morgan fingerprint density at radius 2 is 1.55 bits per heavy atom. The molecule has 0 unspecified atom stereocenters. The van der Waals surface area contributed by atoms with Crippen molar-refractivity contribution in [2.24, 2.45) is 0 Å². The number of hydrogen-bond acceptors (Lipinski definition) is 4. The highest BCUT2D eigenvalue weighted by molar-refractivity contribution is 5.85. The molecule has 6 heteroatoms. The second-order valence-electron chi connectivity index (χ2n) is 5.23. The highest BCUT2D eigenvalue weighted by atomic mass is 35.5. The van der Waals surface area contributed by atoms with E-state index in [1.807, 2.05) is 0 Å². The van der Waals surface area contributed by atoms with E-state index in [9.17, 15) is 0 Å². The largest absolute Gasteiger partial charge is 0.352 e. The van der Waals surface area contributed by atoms with Crippen molar-refractivity contribution in [2.75, 3.05) is 31.1 Å². The second kappa shape index (κ2) is 8.32. The van der Waals surface area contributed by atoms with E-state index in [0.29, 0.717) is 0 Å². The zero-order valence-corrected chi connectivity index (χ0v) is 14.5. The van der Waals surface area contributed by atoms with Gasteiger partial charge >= 0.3 is 0 Å². The van der Waals surface area contributed by atoms with Gasteiger partial charge in [0.25, 0.3) is 0 Å². The van der Waals surface area contributed by atoms with Gasteiger partial charge in [0.2, 0.25) is 0 Å². The summed E-state index contributed by atoms with van der Waals surface area (Å²) in [6.45, 7) is 8.25. The zero-order valence-electron chi connectivity index (χ0n) is 12.9. The standard InChI is InChI=1S/C16H20N4.2ClH/c1-12-4-3-5-13(2)14(12)15-16(19-7-6-18-15)20-10-8-17-9-11-20;;/h3-7,17H,8-11H2,1-2H3;2*1H. The van der Waals surface area contributed by atoms with E-state index in [1.165, 1.54) is 16.7 Å². The Kier molecular flexibility index (Phi) is 7.07. The molecule has 0 atom stereocenters. The molecule has 1 aromatic carbocycles. The monoisotopic (exact) mass is 340 g/mol. The maximum absolute atomic E-state index is 4.62. The molecule has 4 nitrogen and oxygen atoms in total. The third-order valence-corrected chi connectivity index (χ3v) is 3.81. The van der Waals surface area contributed by atoms with Crippen LogP contribution in [0.2, 0.25) is 0 Å². The van der Waals surface area contributed by atoms with Crippen molar-refractivity contribution in [3.05, 3.63) is 41.7 Å². The molecule has 1 N–H and O–H groups in total. The first-order valence-corrected chi connectivity index (χ1v) is 7.10. The lowest BCUT2D eigenvalue weighted by Crippen LogP contribution is -2.44. The number of rotatable bonds is 2. The number of halogens is 2. The third kappa shape index (κ3) is 3.69. The van der Waals surface area contributed by atoms with Gasteiger partial charge in [-0.2, -0.15) is 0 Å². The van der Waals surface area contributed by atoms with Crippen LogP contribution in [0.1, 0.15) is 11.1 Å². The Bertz CT molecular complexity index is 593. The topological polar surface area (TPSA) is 41.1 Å². The summed E-state index contributed by atoms with van der Waals surface area (Å²) < 4.78 is 0. The average Bonchev–Trinajstić information content (AvgIpc) is 2.48. The van der Waals surface area contributed by atoms with Crippen LogP contribution in [0.3, 0.4) is 0 Å². The molecule has 0 amide bonds. The summed E-state index contributed by atoms with van der Waals surface area (Å²) >= 11 is 0. The number of piperazine rings is 1. The lowest BCUT2D eigenvalue weighted by molar-refractivity contribution is 0.585. The minimum absolute atomic E-state index is 0. The molecule has 0 bridgehead atoms. The fourth-order valence-corrected chi connectivity index (χ4v) is 2.80. The van der Waals surface area contributed by atoms with Crippen molar-refractivity contribution in [2.45, 2.75) is 13.8 Å². The first kappa shape index (κ1) is 18.7. The van der Waals surface area contributed by atoms with Crippen molar-refractivity contribution >= 4 is 30.6 Å². The Labute approximate surface area is 144 Å². The lowest BCUT2D eigenvalue weighted by atomic mass is 9.99. The second-order valence-corrected chi connectivity index (χ2v) is 5.23. The zero-order chi connectivity index (χ0) is 13.9. The number of nitrogens with one attached hydrogen (secondary N) is 1. The summed E-state index contributed by atoms with van der Waals surface area (Å²) in [5.41, 5.74) is 4.72. The van der Waals surface area contributed by atoms with Crippen LogP contribution in [0.25, 0.3) is 11.3 Å². The van der Waals surface area contributed by atoms with E-state index in [0.717, 1.165) is 37.7 Å². The van der Waals surface area contributed by atoms with Gasteiger partial charge in [-0.05, 0) is 25.0 Å². The van der Waals surface area contributed by atoms with Gasteiger partial charge in [0, 0.05) is 44.1 Å². The smallest absolute Gasteiger partial charge is 0.155 e. The molecule has 0 aliphatic carbocycles.